The van der Waals surface area contributed by atoms with Crippen molar-refractivity contribution in [3.8, 4) is 0 Å². The second-order valence-corrected chi connectivity index (χ2v) is 6.54. The first kappa shape index (κ1) is 18.6. The van der Waals surface area contributed by atoms with Crippen LogP contribution in [0.2, 0.25) is 0 Å². The Kier molecular flexibility index (Phi) is 5.49. The van der Waals surface area contributed by atoms with Gasteiger partial charge in [0.1, 0.15) is 0 Å². The van der Waals surface area contributed by atoms with Gasteiger partial charge in [-0.3, -0.25) is 4.99 Å². The van der Waals surface area contributed by atoms with Crippen LogP contribution >= 0.6 is 0 Å². The molecule has 0 aliphatic rings. The van der Waals surface area contributed by atoms with E-state index in [0.29, 0.717) is 12.8 Å². The Hall–Kier alpha value is -3.22. The van der Waals surface area contributed by atoms with Crippen LogP contribution in [0.15, 0.2) is 60.4 Å². The van der Waals surface area contributed by atoms with Gasteiger partial charge in [0, 0.05) is 56.9 Å². The van der Waals surface area contributed by atoms with E-state index in [1.165, 1.54) is 7.11 Å². The van der Waals surface area contributed by atoms with Gasteiger partial charge in [-0.25, -0.2) is 14.8 Å². The van der Waals surface area contributed by atoms with Crippen LogP contribution in [0.25, 0.3) is 0 Å². The van der Waals surface area contributed by atoms with Crippen molar-refractivity contribution in [2.45, 2.75) is 18.4 Å². The summed E-state index contributed by atoms with van der Waals surface area (Å²) in [7, 11) is 5.19. The molecule has 0 fully saturated rings. The normalized spacial score (nSPS) is 11.8. The van der Waals surface area contributed by atoms with Crippen molar-refractivity contribution in [3.05, 3.63) is 72.3 Å². The summed E-state index contributed by atoms with van der Waals surface area (Å²) in [6.45, 7) is 0. The van der Waals surface area contributed by atoms with Crippen LogP contribution in [-0.2, 0) is 36.5 Å². The zero-order chi connectivity index (χ0) is 19.3. The topological polar surface area (TPSA) is 74.3 Å². The molecular formula is C20H23N5O2. The molecule has 27 heavy (non-hydrogen) atoms. The molecule has 7 heteroatoms. The number of esters is 1. The van der Waals surface area contributed by atoms with Gasteiger partial charge in [0.05, 0.1) is 19.8 Å². The second kappa shape index (κ2) is 7.99. The number of imidazole rings is 2. The smallest absolute Gasteiger partial charge is 0.334 e. The number of carbonyl (C=O) groups excluding carboxylic acids is 1. The Bertz CT molecular complexity index is 885. The van der Waals surface area contributed by atoms with Crippen molar-refractivity contribution in [2.75, 3.05) is 7.11 Å². The quantitative estimate of drug-likeness (QED) is 0.474. The Balaban J connectivity index is 2.05. The Morgan fingerprint density at radius 1 is 1.07 bits per heavy atom. The lowest BCUT2D eigenvalue weighted by Crippen LogP contribution is -2.43. The van der Waals surface area contributed by atoms with Gasteiger partial charge in [0.15, 0.2) is 5.54 Å². The van der Waals surface area contributed by atoms with E-state index >= 15 is 0 Å². The Morgan fingerprint density at radius 2 is 1.63 bits per heavy atom. The maximum atomic E-state index is 12.9. The first-order chi connectivity index (χ1) is 13.0. The molecule has 7 nitrogen and oxygen atoms in total. The molecule has 2 heterocycles. The van der Waals surface area contributed by atoms with Crippen molar-refractivity contribution in [1.29, 1.82) is 0 Å². The molecule has 0 radical (unpaired) electrons. The van der Waals surface area contributed by atoms with Gasteiger partial charge in [-0.05, 0) is 5.56 Å². The monoisotopic (exact) mass is 365 g/mol. The predicted octanol–water partition coefficient (Wildman–Crippen LogP) is 1.97. The highest BCUT2D eigenvalue weighted by molar-refractivity contribution is 5.87. The number of nitrogens with zero attached hydrogens (tertiary/aromatic N) is 5. The largest absolute Gasteiger partial charge is 0.467 e. The highest BCUT2D eigenvalue weighted by Gasteiger charge is 2.41. The summed E-state index contributed by atoms with van der Waals surface area (Å²) >= 11 is 0. The average Bonchev–Trinajstić information content (AvgIpc) is 3.28. The van der Waals surface area contributed by atoms with E-state index in [0.717, 1.165) is 17.0 Å². The van der Waals surface area contributed by atoms with Gasteiger partial charge >= 0.3 is 5.97 Å². The van der Waals surface area contributed by atoms with Crippen LogP contribution in [0, 0.1) is 0 Å². The number of hydrogen-bond acceptors (Lipinski definition) is 5. The standard InChI is InChI=1S/C20H23N5O2/c1-24-14-21-12-17(24)9-20(19(26)27-3,10-18-13-22-15-25(18)2)23-11-16-7-5-4-6-8-16/h4-8,11-15H,9-10H2,1-3H3. The average molecular weight is 365 g/mol. The zero-order valence-corrected chi connectivity index (χ0v) is 15.7. The van der Waals surface area contributed by atoms with Crippen LogP contribution in [0.1, 0.15) is 17.0 Å². The first-order valence-electron chi connectivity index (χ1n) is 8.63. The Labute approximate surface area is 158 Å². The number of aromatic nitrogens is 4. The molecule has 0 amide bonds. The molecule has 0 unspecified atom stereocenters. The SMILES string of the molecule is COC(=O)C(Cc1cncn1C)(Cc1cncn1C)N=Cc1ccccc1. The van der Waals surface area contributed by atoms with Crippen molar-refractivity contribution in [2.24, 2.45) is 19.1 Å². The molecule has 0 saturated carbocycles. The third-order valence-corrected chi connectivity index (χ3v) is 4.61. The van der Waals surface area contributed by atoms with E-state index in [-0.39, 0.29) is 0 Å². The Morgan fingerprint density at radius 3 is 2.07 bits per heavy atom. The van der Waals surface area contributed by atoms with Crippen LogP contribution in [-0.4, -0.2) is 43.9 Å². The number of ether oxygens (including phenoxy) is 1. The molecule has 0 N–H and O–H groups in total. The van der Waals surface area contributed by atoms with E-state index in [1.807, 2.05) is 53.6 Å². The molecule has 0 bridgehead atoms. The van der Waals surface area contributed by atoms with Crippen molar-refractivity contribution >= 4 is 12.2 Å². The summed E-state index contributed by atoms with van der Waals surface area (Å²) in [4.78, 5) is 26.0. The number of aliphatic imine (C=N–C) groups is 1. The number of methoxy groups -OCH3 is 1. The van der Waals surface area contributed by atoms with Crippen LogP contribution in [0.3, 0.4) is 0 Å². The van der Waals surface area contributed by atoms with Crippen molar-refractivity contribution < 1.29 is 9.53 Å². The number of carbonyl (C=O) groups is 1. The van der Waals surface area contributed by atoms with Gasteiger partial charge in [0.25, 0.3) is 0 Å². The molecule has 0 aliphatic heterocycles. The molecule has 3 rings (SSSR count). The first-order valence-corrected chi connectivity index (χ1v) is 8.63. The van der Waals surface area contributed by atoms with E-state index in [1.54, 1.807) is 31.3 Å². The lowest BCUT2D eigenvalue weighted by molar-refractivity contribution is -0.147. The van der Waals surface area contributed by atoms with Gasteiger partial charge < -0.3 is 13.9 Å². The predicted molar refractivity (Wildman–Crippen MR) is 103 cm³/mol. The lowest BCUT2D eigenvalue weighted by atomic mass is 9.88. The second-order valence-electron chi connectivity index (χ2n) is 6.54. The van der Waals surface area contributed by atoms with Gasteiger partial charge in [0.2, 0.25) is 0 Å². The maximum absolute atomic E-state index is 12.9. The summed E-state index contributed by atoms with van der Waals surface area (Å²) in [5.41, 5.74) is 1.59. The highest BCUT2D eigenvalue weighted by atomic mass is 16.5. The minimum Gasteiger partial charge on any atom is -0.467 e. The minimum atomic E-state index is -1.12. The molecule has 1 aromatic carbocycles. The molecule has 140 valence electrons. The molecule has 0 spiro atoms. The fourth-order valence-electron chi connectivity index (χ4n) is 2.99. The minimum absolute atomic E-state index is 0.366. The van der Waals surface area contributed by atoms with Crippen LogP contribution in [0.4, 0.5) is 0 Å². The van der Waals surface area contributed by atoms with Crippen LogP contribution < -0.4 is 0 Å². The zero-order valence-electron chi connectivity index (χ0n) is 15.7. The summed E-state index contributed by atoms with van der Waals surface area (Å²) in [6, 6.07) is 9.70. The fourth-order valence-corrected chi connectivity index (χ4v) is 2.99. The molecular weight excluding hydrogens is 342 g/mol. The summed E-state index contributed by atoms with van der Waals surface area (Å²) in [5.74, 6) is -0.392. The number of hydrogen-bond donors (Lipinski definition) is 0. The van der Waals surface area contributed by atoms with E-state index in [2.05, 4.69) is 9.97 Å². The summed E-state index contributed by atoms with van der Waals surface area (Å²) in [6.07, 6.45) is 9.38. The fraction of sp³-hybridized carbons (Fsp3) is 0.300. The summed E-state index contributed by atoms with van der Waals surface area (Å²) < 4.78 is 8.95. The third kappa shape index (κ3) is 4.13. The van der Waals surface area contributed by atoms with E-state index in [9.17, 15) is 4.79 Å². The highest BCUT2D eigenvalue weighted by Crippen LogP contribution is 2.25. The van der Waals surface area contributed by atoms with Crippen LogP contribution in [0.5, 0.6) is 0 Å². The third-order valence-electron chi connectivity index (χ3n) is 4.61. The lowest BCUT2D eigenvalue weighted by Gasteiger charge is -2.27. The van der Waals surface area contributed by atoms with Gasteiger partial charge in [-0.15, -0.1) is 0 Å². The molecule has 0 aliphatic carbocycles. The summed E-state index contributed by atoms with van der Waals surface area (Å²) in [5, 5.41) is 0. The molecule has 0 atom stereocenters. The van der Waals surface area contributed by atoms with Crippen molar-refractivity contribution in [3.63, 3.8) is 0 Å². The van der Waals surface area contributed by atoms with Gasteiger partial charge in [-0.2, -0.15) is 0 Å². The van der Waals surface area contributed by atoms with Gasteiger partial charge in [-0.1, -0.05) is 30.3 Å². The van der Waals surface area contributed by atoms with E-state index in [4.69, 9.17) is 9.73 Å². The van der Waals surface area contributed by atoms with Crippen molar-refractivity contribution in [1.82, 2.24) is 19.1 Å². The number of aryl methyl sites for hydroxylation is 2. The molecule has 0 saturated heterocycles. The maximum Gasteiger partial charge on any atom is 0.334 e. The molecule has 2 aromatic heterocycles. The number of benzene rings is 1. The molecule has 3 aromatic rings. The van der Waals surface area contributed by atoms with E-state index < -0.39 is 11.5 Å². The number of rotatable bonds is 7.